The van der Waals surface area contributed by atoms with E-state index < -0.39 is 0 Å². The van der Waals surface area contributed by atoms with E-state index in [-0.39, 0.29) is 0 Å². The van der Waals surface area contributed by atoms with Crippen LogP contribution in [0.2, 0.25) is 5.02 Å². The third-order valence-corrected chi connectivity index (χ3v) is 3.78. The minimum absolute atomic E-state index is 0.707. The predicted molar refractivity (Wildman–Crippen MR) is 82.4 cm³/mol. The summed E-state index contributed by atoms with van der Waals surface area (Å²) in [7, 11) is 0. The first kappa shape index (κ1) is 13.4. The summed E-state index contributed by atoms with van der Waals surface area (Å²) in [6.45, 7) is 4.04. The van der Waals surface area contributed by atoms with Gasteiger partial charge in [-0.25, -0.2) is 9.97 Å². The molecule has 0 fully saturated rings. The smallest absolute Gasteiger partial charge is 0.191 e. The zero-order chi connectivity index (χ0) is 14.1. The molecule has 0 atom stereocenters. The molecule has 0 aliphatic heterocycles. The van der Waals surface area contributed by atoms with Gasteiger partial charge in [-0.05, 0) is 36.9 Å². The average molecular weight is 305 g/mol. The lowest BCUT2D eigenvalue weighted by molar-refractivity contribution is 0.837. The van der Waals surface area contributed by atoms with Crippen molar-refractivity contribution in [2.45, 2.75) is 19.0 Å². The van der Waals surface area contributed by atoms with Gasteiger partial charge in [0.1, 0.15) is 0 Å². The van der Waals surface area contributed by atoms with Gasteiger partial charge in [-0.15, -0.1) is 0 Å². The SMILES string of the molecule is CCSc1nc(-c2ccc(Cl)cc2)n2nc(C)cc2n1. The highest BCUT2D eigenvalue weighted by atomic mass is 35.5. The summed E-state index contributed by atoms with van der Waals surface area (Å²) in [5, 5.41) is 5.94. The Hall–Kier alpha value is -1.59. The zero-order valence-corrected chi connectivity index (χ0v) is 12.7. The van der Waals surface area contributed by atoms with Gasteiger partial charge in [0.2, 0.25) is 0 Å². The fraction of sp³-hybridized carbons (Fsp3) is 0.214. The number of halogens is 1. The summed E-state index contributed by atoms with van der Waals surface area (Å²) in [5.41, 5.74) is 2.72. The molecular weight excluding hydrogens is 292 g/mol. The monoisotopic (exact) mass is 304 g/mol. The lowest BCUT2D eigenvalue weighted by atomic mass is 10.2. The van der Waals surface area contributed by atoms with E-state index in [1.807, 2.05) is 37.3 Å². The van der Waals surface area contributed by atoms with Crippen LogP contribution in [0.3, 0.4) is 0 Å². The normalized spacial score (nSPS) is 11.2. The van der Waals surface area contributed by atoms with E-state index in [1.165, 1.54) is 0 Å². The van der Waals surface area contributed by atoms with Crippen LogP contribution in [-0.2, 0) is 0 Å². The molecule has 20 heavy (non-hydrogen) atoms. The Labute approximate surface area is 126 Å². The molecule has 0 spiro atoms. The number of rotatable bonds is 3. The molecular formula is C14H13ClN4S. The van der Waals surface area contributed by atoms with Crippen molar-refractivity contribution in [3.63, 3.8) is 0 Å². The standard InChI is InChI=1S/C14H13ClN4S/c1-3-20-14-16-12-8-9(2)18-19(12)13(17-14)10-4-6-11(15)7-5-10/h4-8H,3H2,1-2H3. The van der Waals surface area contributed by atoms with Gasteiger partial charge in [0.05, 0.1) is 5.69 Å². The Bertz CT molecular complexity index is 752. The molecule has 0 unspecified atom stereocenters. The van der Waals surface area contributed by atoms with Crippen molar-refractivity contribution in [1.82, 2.24) is 19.6 Å². The van der Waals surface area contributed by atoms with Gasteiger partial charge in [0.25, 0.3) is 0 Å². The van der Waals surface area contributed by atoms with Crippen molar-refractivity contribution < 1.29 is 0 Å². The number of nitrogens with zero attached hydrogens (tertiary/aromatic N) is 4. The highest BCUT2D eigenvalue weighted by Crippen LogP contribution is 2.23. The summed E-state index contributed by atoms with van der Waals surface area (Å²) >= 11 is 7.57. The minimum atomic E-state index is 0.707. The van der Waals surface area contributed by atoms with Crippen molar-refractivity contribution in [3.05, 3.63) is 41.0 Å². The number of fused-ring (bicyclic) bond motifs is 1. The van der Waals surface area contributed by atoms with Crippen LogP contribution in [0, 0.1) is 6.92 Å². The first-order valence-electron chi connectivity index (χ1n) is 6.30. The molecule has 3 rings (SSSR count). The molecule has 0 N–H and O–H groups in total. The fourth-order valence-electron chi connectivity index (χ4n) is 1.96. The van der Waals surface area contributed by atoms with E-state index in [4.69, 9.17) is 11.6 Å². The summed E-state index contributed by atoms with van der Waals surface area (Å²) in [6, 6.07) is 9.56. The van der Waals surface area contributed by atoms with Gasteiger partial charge in [-0.2, -0.15) is 9.61 Å². The fourth-order valence-corrected chi connectivity index (χ4v) is 2.65. The van der Waals surface area contributed by atoms with Gasteiger partial charge < -0.3 is 0 Å². The van der Waals surface area contributed by atoms with Crippen LogP contribution in [0.15, 0.2) is 35.5 Å². The van der Waals surface area contributed by atoms with Crippen LogP contribution in [0.1, 0.15) is 12.6 Å². The molecule has 0 amide bonds. The molecule has 0 aliphatic rings. The molecule has 102 valence electrons. The number of thioether (sulfide) groups is 1. The highest BCUT2D eigenvalue weighted by molar-refractivity contribution is 7.99. The number of hydrogen-bond acceptors (Lipinski definition) is 4. The van der Waals surface area contributed by atoms with Crippen molar-refractivity contribution in [1.29, 1.82) is 0 Å². The lowest BCUT2D eigenvalue weighted by Crippen LogP contribution is -2.02. The molecule has 0 bridgehead atoms. The Balaban J connectivity index is 2.23. The van der Waals surface area contributed by atoms with E-state index in [0.717, 1.165) is 33.6 Å². The molecule has 6 heteroatoms. The first-order chi connectivity index (χ1) is 9.67. The quantitative estimate of drug-likeness (QED) is 0.689. The largest absolute Gasteiger partial charge is 0.203 e. The van der Waals surface area contributed by atoms with Crippen molar-refractivity contribution >= 4 is 29.0 Å². The summed E-state index contributed by atoms with van der Waals surface area (Å²) in [6.07, 6.45) is 0. The first-order valence-corrected chi connectivity index (χ1v) is 7.67. The van der Waals surface area contributed by atoms with Crippen molar-refractivity contribution in [2.75, 3.05) is 5.75 Å². The van der Waals surface area contributed by atoms with Crippen LogP contribution in [0.25, 0.3) is 17.0 Å². The zero-order valence-electron chi connectivity index (χ0n) is 11.2. The Morgan fingerprint density at radius 2 is 1.95 bits per heavy atom. The van der Waals surface area contributed by atoms with E-state index in [9.17, 15) is 0 Å². The third kappa shape index (κ3) is 2.51. The average Bonchev–Trinajstić information content (AvgIpc) is 2.79. The Morgan fingerprint density at radius 1 is 1.20 bits per heavy atom. The third-order valence-electron chi connectivity index (χ3n) is 2.80. The van der Waals surface area contributed by atoms with Gasteiger partial charge in [0.15, 0.2) is 16.6 Å². The summed E-state index contributed by atoms with van der Waals surface area (Å²) in [4.78, 5) is 9.13. The van der Waals surface area contributed by atoms with E-state index in [2.05, 4.69) is 22.0 Å². The molecule has 4 nitrogen and oxygen atoms in total. The molecule has 0 saturated heterocycles. The maximum atomic E-state index is 5.94. The predicted octanol–water partition coefficient (Wildman–Crippen LogP) is 3.87. The number of hydrogen-bond donors (Lipinski definition) is 0. The maximum Gasteiger partial charge on any atom is 0.191 e. The van der Waals surface area contributed by atoms with Crippen LogP contribution in [0.5, 0.6) is 0 Å². The van der Waals surface area contributed by atoms with Crippen LogP contribution >= 0.6 is 23.4 Å². The Morgan fingerprint density at radius 3 is 2.65 bits per heavy atom. The molecule has 2 aromatic heterocycles. The van der Waals surface area contributed by atoms with E-state index in [1.54, 1.807) is 16.3 Å². The van der Waals surface area contributed by atoms with Gasteiger partial charge in [-0.1, -0.05) is 30.3 Å². The minimum Gasteiger partial charge on any atom is -0.203 e. The van der Waals surface area contributed by atoms with Crippen molar-refractivity contribution in [3.8, 4) is 11.4 Å². The van der Waals surface area contributed by atoms with Crippen molar-refractivity contribution in [2.24, 2.45) is 0 Å². The van der Waals surface area contributed by atoms with Gasteiger partial charge in [0, 0.05) is 16.7 Å². The molecule has 3 aromatic rings. The highest BCUT2D eigenvalue weighted by Gasteiger charge is 2.11. The molecule has 1 aromatic carbocycles. The molecule has 0 aliphatic carbocycles. The second kappa shape index (κ2) is 5.42. The molecule has 2 heterocycles. The summed E-state index contributed by atoms with van der Waals surface area (Å²) in [5.74, 6) is 1.72. The molecule has 0 saturated carbocycles. The molecule has 0 radical (unpaired) electrons. The second-order valence-corrected chi connectivity index (χ2v) is 5.99. The topological polar surface area (TPSA) is 43.1 Å². The second-order valence-electron chi connectivity index (χ2n) is 4.33. The maximum absolute atomic E-state index is 5.94. The number of benzene rings is 1. The van der Waals surface area contributed by atoms with Gasteiger partial charge in [-0.3, -0.25) is 0 Å². The van der Waals surface area contributed by atoms with Gasteiger partial charge >= 0.3 is 0 Å². The van der Waals surface area contributed by atoms with Crippen LogP contribution in [-0.4, -0.2) is 25.3 Å². The van der Waals surface area contributed by atoms with Crippen LogP contribution in [0.4, 0.5) is 0 Å². The number of aromatic nitrogens is 4. The van der Waals surface area contributed by atoms with E-state index >= 15 is 0 Å². The number of aryl methyl sites for hydroxylation is 1. The summed E-state index contributed by atoms with van der Waals surface area (Å²) < 4.78 is 1.78. The van der Waals surface area contributed by atoms with Crippen LogP contribution < -0.4 is 0 Å². The van der Waals surface area contributed by atoms with E-state index in [0.29, 0.717) is 5.02 Å². The Kier molecular flexibility index (Phi) is 3.63. The lowest BCUT2D eigenvalue weighted by Gasteiger charge is -2.06.